The van der Waals surface area contributed by atoms with Crippen molar-refractivity contribution in [2.24, 2.45) is 0 Å². The van der Waals surface area contributed by atoms with Gasteiger partial charge in [-0.3, -0.25) is 4.90 Å². The molecule has 1 aromatic rings. The predicted octanol–water partition coefficient (Wildman–Crippen LogP) is 3.00. The molecule has 0 heterocycles. The highest BCUT2D eigenvalue weighted by molar-refractivity contribution is 5.40. The van der Waals surface area contributed by atoms with E-state index in [9.17, 15) is 0 Å². The summed E-state index contributed by atoms with van der Waals surface area (Å²) in [6.45, 7) is 6.84. The minimum absolute atomic E-state index is 0.427. The highest BCUT2D eigenvalue weighted by atomic mass is 16.5. The normalized spacial score (nSPS) is 21.9. The summed E-state index contributed by atoms with van der Waals surface area (Å²) in [6, 6.07) is 7.55. The van der Waals surface area contributed by atoms with Gasteiger partial charge in [0.1, 0.15) is 5.75 Å². The fourth-order valence-electron chi connectivity index (χ4n) is 3.49. The Hall–Kier alpha value is -1.06. The molecule has 2 rings (SSSR count). The molecule has 3 heteroatoms. The molecule has 1 aliphatic rings. The number of hydrogen-bond acceptors (Lipinski definition) is 3. The van der Waals surface area contributed by atoms with E-state index in [1.807, 2.05) is 0 Å². The van der Waals surface area contributed by atoms with Crippen molar-refractivity contribution >= 4 is 0 Å². The van der Waals surface area contributed by atoms with E-state index in [1.165, 1.54) is 30.5 Å². The molecule has 1 aliphatic carbocycles. The predicted molar refractivity (Wildman–Crippen MR) is 84.4 cm³/mol. The second-order valence-corrected chi connectivity index (χ2v) is 5.57. The van der Waals surface area contributed by atoms with Crippen molar-refractivity contribution in [3.05, 3.63) is 29.3 Å². The van der Waals surface area contributed by atoms with Gasteiger partial charge in [-0.05, 0) is 62.7 Å². The van der Waals surface area contributed by atoms with Crippen molar-refractivity contribution in [2.45, 2.75) is 45.2 Å². The van der Waals surface area contributed by atoms with E-state index >= 15 is 0 Å². The fourth-order valence-corrected chi connectivity index (χ4v) is 3.49. The number of aryl methyl sites for hydroxylation is 1. The summed E-state index contributed by atoms with van der Waals surface area (Å²) < 4.78 is 5.35. The van der Waals surface area contributed by atoms with E-state index in [1.54, 1.807) is 7.11 Å². The number of nitrogens with one attached hydrogen (secondary N) is 1. The summed E-state index contributed by atoms with van der Waals surface area (Å²) in [5.74, 6) is 0.970. The first kappa shape index (κ1) is 15.3. The van der Waals surface area contributed by atoms with Crippen molar-refractivity contribution in [2.75, 3.05) is 27.2 Å². The third-order valence-corrected chi connectivity index (χ3v) is 4.48. The molecule has 0 radical (unpaired) electrons. The summed E-state index contributed by atoms with van der Waals surface area (Å²) in [4.78, 5) is 2.62. The molecule has 2 atom stereocenters. The molecule has 20 heavy (non-hydrogen) atoms. The monoisotopic (exact) mass is 276 g/mol. The van der Waals surface area contributed by atoms with Crippen LogP contribution in [0.2, 0.25) is 0 Å². The summed E-state index contributed by atoms with van der Waals surface area (Å²) in [5.41, 5.74) is 2.88. The van der Waals surface area contributed by atoms with Gasteiger partial charge in [0.2, 0.25) is 0 Å². The average molecular weight is 276 g/mol. The number of fused-ring (bicyclic) bond motifs is 1. The van der Waals surface area contributed by atoms with Crippen molar-refractivity contribution in [3.8, 4) is 5.75 Å². The SMILES string of the molecule is CCCN(CC)C1CCc2cc(OC)ccc2C1NC. The van der Waals surface area contributed by atoms with Gasteiger partial charge in [0.05, 0.1) is 7.11 Å². The van der Waals surface area contributed by atoms with E-state index in [-0.39, 0.29) is 0 Å². The molecule has 1 N–H and O–H groups in total. The van der Waals surface area contributed by atoms with Crippen LogP contribution in [0.5, 0.6) is 5.75 Å². The number of nitrogens with zero attached hydrogens (tertiary/aromatic N) is 1. The van der Waals surface area contributed by atoms with Crippen LogP contribution in [0.4, 0.5) is 0 Å². The van der Waals surface area contributed by atoms with Gasteiger partial charge in [0.15, 0.2) is 0 Å². The molecule has 1 aromatic carbocycles. The lowest BCUT2D eigenvalue weighted by molar-refractivity contribution is 0.150. The van der Waals surface area contributed by atoms with Crippen LogP contribution >= 0.6 is 0 Å². The van der Waals surface area contributed by atoms with Crippen LogP contribution in [-0.2, 0) is 6.42 Å². The first-order valence-corrected chi connectivity index (χ1v) is 7.83. The summed E-state index contributed by atoms with van der Waals surface area (Å²) in [5, 5.41) is 3.54. The minimum Gasteiger partial charge on any atom is -0.497 e. The maximum absolute atomic E-state index is 5.35. The molecule has 0 saturated heterocycles. The Kier molecular flexibility index (Phi) is 5.44. The van der Waals surface area contributed by atoms with Gasteiger partial charge in [-0.15, -0.1) is 0 Å². The lowest BCUT2D eigenvalue weighted by atomic mass is 9.83. The van der Waals surface area contributed by atoms with Crippen LogP contribution < -0.4 is 10.1 Å². The van der Waals surface area contributed by atoms with Crippen LogP contribution in [0, 0.1) is 0 Å². The Labute approximate surface area is 123 Å². The summed E-state index contributed by atoms with van der Waals surface area (Å²) in [7, 11) is 3.82. The van der Waals surface area contributed by atoms with Crippen LogP contribution in [0.15, 0.2) is 18.2 Å². The summed E-state index contributed by atoms with van der Waals surface area (Å²) in [6.07, 6.45) is 3.59. The second kappa shape index (κ2) is 7.09. The first-order chi connectivity index (χ1) is 9.74. The first-order valence-electron chi connectivity index (χ1n) is 7.83. The van der Waals surface area contributed by atoms with Gasteiger partial charge in [-0.1, -0.05) is 19.9 Å². The fraction of sp³-hybridized carbons (Fsp3) is 0.647. The molecule has 0 bridgehead atoms. The zero-order chi connectivity index (χ0) is 14.5. The van der Waals surface area contributed by atoms with Gasteiger partial charge in [0, 0.05) is 12.1 Å². The molecule has 0 fully saturated rings. The van der Waals surface area contributed by atoms with Gasteiger partial charge in [0.25, 0.3) is 0 Å². The van der Waals surface area contributed by atoms with E-state index in [2.05, 4.69) is 49.3 Å². The second-order valence-electron chi connectivity index (χ2n) is 5.57. The number of hydrogen-bond donors (Lipinski definition) is 1. The molecule has 0 saturated carbocycles. The zero-order valence-corrected chi connectivity index (χ0v) is 13.3. The van der Waals surface area contributed by atoms with Crippen molar-refractivity contribution < 1.29 is 4.74 Å². The van der Waals surface area contributed by atoms with Gasteiger partial charge >= 0.3 is 0 Å². The van der Waals surface area contributed by atoms with Crippen molar-refractivity contribution in [1.82, 2.24) is 10.2 Å². The third kappa shape index (κ3) is 2.99. The number of rotatable bonds is 6. The smallest absolute Gasteiger partial charge is 0.119 e. The van der Waals surface area contributed by atoms with E-state index in [4.69, 9.17) is 4.74 Å². The lowest BCUT2D eigenvalue weighted by Gasteiger charge is -2.40. The molecule has 3 nitrogen and oxygen atoms in total. The minimum atomic E-state index is 0.427. The molecule has 112 valence electrons. The molecular weight excluding hydrogens is 248 g/mol. The van der Waals surface area contributed by atoms with E-state index in [0.717, 1.165) is 18.7 Å². The van der Waals surface area contributed by atoms with E-state index < -0.39 is 0 Å². The number of benzene rings is 1. The highest BCUT2D eigenvalue weighted by Crippen LogP contribution is 2.34. The van der Waals surface area contributed by atoms with Crippen molar-refractivity contribution in [1.29, 1.82) is 0 Å². The molecule has 0 spiro atoms. The molecule has 0 aromatic heterocycles. The highest BCUT2D eigenvalue weighted by Gasteiger charge is 2.31. The van der Waals surface area contributed by atoms with Crippen LogP contribution in [0.3, 0.4) is 0 Å². The third-order valence-electron chi connectivity index (χ3n) is 4.48. The quantitative estimate of drug-likeness (QED) is 0.864. The van der Waals surface area contributed by atoms with E-state index in [0.29, 0.717) is 12.1 Å². The Morgan fingerprint density at radius 3 is 2.75 bits per heavy atom. The van der Waals surface area contributed by atoms with Crippen molar-refractivity contribution in [3.63, 3.8) is 0 Å². The zero-order valence-electron chi connectivity index (χ0n) is 13.3. The Balaban J connectivity index is 2.27. The number of ether oxygens (including phenoxy) is 1. The number of methoxy groups -OCH3 is 1. The molecule has 2 unspecified atom stereocenters. The maximum atomic E-state index is 5.35. The Morgan fingerprint density at radius 2 is 2.15 bits per heavy atom. The van der Waals surface area contributed by atoms with Crippen LogP contribution in [0.25, 0.3) is 0 Å². The molecule has 0 aliphatic heterocycles. The standard InChI is InChI=1S/C17H28N2O/c1-5-11-19(6-2)16-10-7-13-12-14(20-4)8-9-15(13)17(16)18-3/h8-9,12,16-18H,5-7,10-11H2,1-4H3. The summed E-state index contributed by atoms with van der Waals surface area (Å²) >= 11 is 0. The average Bonchev–Trinajstić information content (AvgIpc) is 2.50. The maximum Gasteiger partial charge on any atom is 0.119 e. The Bertz CT molecular complexity index is 433. The van der Waals surface area contributed by atoms with Gasteiger partial charge in [-0.25, -0.2) is 0 Å². The lowest BCUT2D eigenvalue weighted by Crippen LogP contribution is -2.46. The van der Waals surface area contributed by atoms with Crippen LogP contribution in [-0.4, -0.2) is 38.2 Å². The topological polar surface area (TPSA) is 24.5 Å². The van der Waals surface area contributed by atoms with Crippen LogP contribution in [0.1, 0.15) is 43.9 Å². The Morgan fingerprint density at radius 1 is 1.35 bits per heavy atom. The molecule has 0 amide bonds. The van der Waals surface area contributed by atoms with Gasteiger partial charge < -0.3 is 10.1 Å². The largest absolute Gasteiger partial charge is 0.497 e. The van der Waals surface area contributed by atoms with Gasteiger partial charge in [-0.2, -0.15) is 0 Å². The molecular formula is C17H28N2O. The number of likely N-dealkylation sites (N-methyl/N-ethyl adjacent to an activating group) is 2.